The number of amides is 1. The lowest BCUT2D eigenvalue weighted by atomic mass is 9.98. The van der Waals surface area contributed by atoms with Crippen molar-refractivity contribution in [2.75, 3.05) is 13.1 Å². The number of carbonyl (C=O) groups is 1. The van der Waals surface area contributed by atoms with Crippen LogP contribution in [0.25, 0.3) is 0 Å². The van der Waals surface area contributed by atoms with Gasteiger partial charge in [0.15, 0.2) is 22.2 Å². The second-order valence-electron chi connectivity index (χ2n) is 6.49. The van der Waals surface area contributed by atoms with Crippen molar-refractivity contribution in [2.45, 2.75) is 19.0 Å². The summed E-state index contributed by atoms with van der Waals surface area (Å²) >= 11 is 3.22. The maximum Gasteiger partial charge on any atom is 0.287 e. The Morgan fingerprint density at radius 1 is 1.15 bits per heavy atom. The molecular formula is C20H20BrN2O3+. The van der Waals surface area contributed by atoms with E-state index in [1.54, 1.807) is 18.4 Å². The third kappa shape index (κ3) is 3.61. The van der Waals surface area contributed by atoms with Crippen molar-refractivity contribution in [3.05, 3.63) is 82.1 Å². The van der Waals surface area contributed by atoms with Crippen molar-refractivity contribution >= 4 is 21.8 Å². The Bertz CT molecular complexity index is 888. The zero-order valence-electron chi connectivity index (χ0n) is 14.2. The summed E-state index contributed by atoms with van der Waals surface area (Å²) < 4.78 is 11.6. The van der Waals surface area contributed by atoms with E-state index >= 15 is 0 Å². The van der Waals surface area contributed by atoms with Crippen LogP contribution in [-0.2, 0) is 13.0 Å². The Labute approximate surface area is 160 Å². The molecule has 134 valence electrons. The van der Waals surface area contributed by atoms with Gasteiger partial charge in [-0.25, -0.2) is 0 Å². The van der Waals surface area contributed by atoms with E-state index in [0.29, 0.717) is 17.0 Å². The summed E-state index contributed by atoms with van der Waals surface area (Å²) in [6.45, 7) is 2.41. The van der Waals surface area contributed by atoms with Crippen molar-refractivity contribution in [1.29, 1.82) is 0 Å². The molecule has 0 fully saturated rings. The van der Waals surface area contributed by atoms with Crippen LogP contribution in [0.4, 0.5) is 0 Å². The summed E-state index contributed by atoms with van der Waals surface area (Å²) in [5.74, 6) is 0.971. The smallest absolute Gasteiger partial charge is 0.287 e. The van der Waals surface area contributed by atoms with Crippen molar-refractivity contribution in [3.8, 4) is 0 Å². The number of hydrogen-bond acceptors (Lipinski definition) is 3. The highest BCUT2D eigenvalue weighted by Gasteiger charge is 2.30. The highest BCUT2D eigenvalue weighted by Crippen LogP contribution is 2.17. The Kier molecular flexibility index (Phi) is 4.95. The third-order valence-electron chi connectivity index (χ3n) is 4.89. The Hall–Kier alpha value is -2.31. The van der Waals surface area contributed by atoms with Gasteiger partial charge in [0.05, 0.1) is 19.4 Å². The van der Waals surface area contributed by atoms with Crippen LogP contribution in [0.2, 0.25) is 0 Å². The van der Waals surface area contributed by atoms with Gasteiger partial charge in [0.2, 0.25) is 0 Å². The van der Waals surface area contributed by atoms with Crippen LogP contribution in [0, 0.1) is 0 Å². The zero-order valence-corrected chi connectivity index (χ0v) is 15.8. The van der Waals surface area contributed by atoms with Gasteiger partial charge in [-0.05, 0) is 45.8 Å². The van der Waals surface area contributed by atoms with E-state index in [2.05, 4.69) is 45.5 Å². The molecule has 0 spiro atoms. The first kappa shape index (κ1) is 17.1. The molecule has 2 aromatic heterocycles. The largest absolute Gasteiger partial charge is 0.463 e. The molecule has 0 saturated carbocycles. The molecule has 3 aromatic rings. The molecule has 1 aliphatic rings. The van der Waals surface area contributed by atoms with Crippen LogP contribution >= 0.6 is 15.9 Å². The lowest BCUT2D eigenvalue weighted by Crippen LogP contribution is -3.12. The van der Waals surface area contributed by atoms with Gasteiger partial charge in [0, 0.05) is 12.0 Å². The fourth-order valence-corrected chi connectivity index (χ4v) is 3.86. The van der Waals surface area contributed by atoms with Gasteiger partial charge in [-0.15, -0.1) is 0 Å². The number of fused-ring (bicyclic) bond motifs is 1. The minimum atomic E-state index is -0.218. The molecule has 26 heavy (non-hydrogen) atoms. The molecule has 0 saturated heterocycles. The van der Waals surface area contributed by atoms with E-state index in [0.717, 1.165) is 25.3 Å². The minimum Gasteiger partial charge on any atom is -0.463 e. The van der Waals surface area contributed by atoms with Crippen LogP contribution in [0.15, 0.2) is 68.3 Å². The zero-order chi connectivity index (χ0) is 17.9. The quantitative estimate of drug-likeness (QED) is 0.673. The molecule has 2 N–H and O–H groups in total. The molecular weight excluding hydrogens is 396 g/mol. The lowest BCUT2D eigenvalue weighted by molar-refractivity contribution is -0.946. The van der Waals surface area contributed by atoms with Crippen LogP contribution in [0.5, 0.6) is 0 Å². The summed E-state index contributed by atoms with van der Waals surface area (Å²) in [5, 5.41) is 2.99. The Balaban J connectivity index is 1.50. The first-order valence-electron chi connectivity index (χ1n) is 8.69. The van der Waals surface area contributed by atoms with Gasteiger partial charge in [0.25, 0.3) is 5.91 Å². The van der Waals surface area contributed by atoms with E-state index in [9.17, 15) is 4.79 Å². The molecule has 4 rings (SSSR count). The van der Waals surface area contributed by atoms with Crippen LogP contribution < -0.4 is 10.2 Å². The number of rotatable bonds is 5. The van der Waals surface area contributed by atoms with Crippen LogP contribution in [-0.4, -0.2) is 19.0 Å². The van der Waals surface area contributed by atoms with Crippen molar-refractivity contribution in [2.24, 2.45) is 0 Å². The van der Waals surface area contributed by atoms with E-state index in [1.807, 2.05) is 12.1 Å². The average molecular weight is 416 g/mol. The minimum absolute atomic E-state index is 0.0562. The number of furan rings is 2. The topological polar surface area (TPSA) is 59.8 Å². The summed E-state index contributed by atoms with van der Waals surface area (Å²) in [6.07, 6.45) is 2.72. The van der Waals surface area contributed by atoms with E-state index < -0.39 is 0 Å². The van der Waals surface area contributed by atoms with Gasteiger partial charge < -0.3 is 19.1 Å². The van der Waals surface area contributed by atoms with Crippen molar-refractivity contribution in [3.63, 3.8) is 0 Å². The lowest BCUT2D eigenvalue weighted by Gasteiger charge is -2.31. The number of carbonyl (C=O) groups excluding carboxylic acids is 1. The van der Waals surface area contributed by atoms with Gasteiger partial charge >= 0.3 is 0 Å². The van der Waals surface area contributed by atoms with E-state index in [4.69, 9.17) is 8.83 Å². The predicted octanol–water partition coefficient (Wildman–Crippen LogP) is 2.75. The van der Waals surface area contributed by atoms with Gasteiger partial charge in [-0.2, -0.15) is 0 Å². The van der Waals surface area contributed by atoms with Gasteiger partial charge in [0.1, 0.15) is 6.54 Å². The second-order valence-corrected chi connectivity index (χ2v) is 7.27. The first-order chi connectivity index (χ1) is 12.7. The summed E-state index contributed by atoms with van der Waals surface area (Å²) in [6, 6.07) is 15.9. The van der Waals surface area contributed by atoms with E-state index in [1.165, 1.54) is 16.0 Å². The fraction of sp³-hybridized carbons (Fsp3) is 0.250. The van der Waals surface area contributed by atoms with Crippen LogP contribution in [0.3, 0.4) is 0 Å². The monoisotopic (exact) mass is 415 g/mol. The first-order valence-corrected chi connectivity index (χ1v) is 9.48. The molecule has 1 aliphatic heterocycles. The third-order valence-corrected chi connectivity index (χ3v) is 5.32. The molecule has 0 radical (unpaired) electrons. The highest BCUT2D eigenvalue weighted by molar-refractivity contribution is 9.10. The SMILES string of the molecule is O=C(NC[C@@H](c1ccco1)[NH+]1CCc2ccccc2C1)c1ccc(Br)o1. The van der Waals surface area contributed by atoms with E-state index in [-0.39, 0.29) is 11.9 Å². The maximum absolute atomic E-state index is 12.3. The van der Waals surface area contributed by atoms with Gasteiger partial charge in [-0.1, -0.05) is 24.3 Å². The molecule has 3 heterocycles. The molecule has 0 aliphatic carbocycles. The normalized spacial score (nSPS) is 17.5. The molecule has 0 bridgehead atoms. The number of hydrogen-bond donors (Lipinski definition) is 2. The number of benzene rings is 1. The highest BCUT2D eigenvalue weighted by atomic mass is 79.9. The number of nitrogens with one attached hydrogen (secondary N) is 2. The standard InChI is InChI=1S/C20H19BrN2O3/c21-19-8-7-18(26-19)20(24)22-12-16(17-6-3-11-25-17)23-10-9-14-4-1-2-5-15(14)13-23/h1-8,11,16H,9-10,12-13H2,(H,22,24)/p+1/t16-/m0/s1. The second kappa shape index (κ2) is 7.51. The molecule has 2 atom stereocenters. The van der Waals surface area contributed by atoms with Crippen molar-refractivity contribution in [1.82, 2.24) is 5.32 Å². The molecule has 5 nitrogen and oxygen atoms in total. The summed E-state index contributed by atoms with van der Waals surface area (Å²) in [4.78, 5) is 13.7. The molecule has 1 aromatic carbocycles. The number of halogens is 1. The summed E-state index contributed by atoms with van der Waals surface area (Å²) in [5.41, 5.74) is 2.78. The molecule has 6 heteroatoms. The van der Waals surface area contributed by atoms with Gasteiger partial charge in [-0.3, -0.25) is 4.79 Å². The fourth-order valence-electron chi connectivity index (χ4n) is 3.55. The Morgan fingerprint density at radius 3 is 2.73 bits per heavy atom. The summed E-state index contributed by atoms with van der Waals surface area (Å²) in [7, 11) is 0. The van der Waals surface area contributed by atoms with Crippen molar-refractivity contribution < 1.29 is 18.5 Å². The average Bonchev–Trinajstić information content (AvgIpc) is 3.34. The predicted molar refractivity (Wildman–Crippen MR) is 99.9 cm³/mol. The maximum atomic E-state index is 12.3. The molecule has 1 amide bonds. The molecule has 1 unspecified atom stereocenters. The Morgan fingerprint density at radius 2 is 2.00 bits per heavy atom. The number of quaternary nitrogens is 1. The van der Waals surface area contributed by atoms with Crippen LogP contribution in [0.1, 0.15) is 33.5 Å².